The van der Waals surface area contributed by atoms with Gasteiger partial charge in [-0.15, -0.1) is 0 Å². The lowest BCUT2D eigenvalue weighted by Gasteiger charge is -2.03. The number of quaternary nitrogens is 1. The molecule has 0 saturated heterocycles. The molecular formula is C7H18Cl2N4O2. The molecule has 8 N–H and O–H groups in total. The highest BCUT2D eigenvalue weighted by molar-refractivity contribution is 5.73. The number of hydrogen-bond donors (Lipinski definition) is 4. The van der Waals surface area contributed by atoms with Gasteiger partial charge in [0.05, 0.1) is 13.7 Å². The summed E-state index contributed by atoms with van der Waals surface area (Å²) in [6.45, 7) is 0.644. The summed E-state index contributed by atoms with van der Waals surface area (Å²) >= 11 is 0. The third-order valence-corrected chi connectivity index (χ3v) is 1.59. The molecule has 0 heterocycles. The Morgan fingerprint density at radius 2 is 2.00 bits per heavy atom. The van der Waals surface area contributed by atoms with E-state index in [0.717, 1.165) is 6.42 Å². The number of guanidine groups is 1. The molecule has 8 heteroatoms. The first-order valence-corrected chi connectivity index (χ1v) is 4.10. The largest absolute Gasteiger partial charge is 1.00 e. The third-order valence-electron chi connectivity index (χ3n) is 1.59. The van der Waals surface area contributed by atoms with Crippen molar-refractivity contribution in [1.82, 2.24) is 0 Å². The van der Waals surface area contributed by atoms with Crippen LogP contribution in [-0.2, 0) is 9.53 Å². The van der Waals surface area contributed by atoms with E-state index in [1.807, 2.05) is 0 Å². The van der Waals surface area contributed by atoms with Crippen molar-refractivity contribution in [3.8, 4) is 0 Å². The number of halogens is 2. The topological polar surface area (TPSA) is 120 Å². The average Bonchev–Trinajstić information content (AvgIpc) is 2.10. The standard InChI is InChI=1S/C7H16N4O2.2ClH/c1-13-6(12)5(8)3-2-4-11-7(9)10;;/h5H,2-4,8H2,1H3,(H4,9,10,11);2*1H/t5-;;/m0../s1. The van der Waals surface area contributed by atoms with Gasteiger partial charge in [0.2, 0.25) is 0 Å². The highest BCUT2D eigenvalue weighted by Crippen LogP contribution is 1.91. The van der Waals surface area contributed by atoms with Gasteiger partial charge in [0, 0.05) is 6.42 Å². The molecule has 0 aliphatic rings. The molecule has 0 rings (SSSR count). The smallest absolute Gasteiger partial charge is 0.364 e. The van der Waals surface area contributed by atoms with Gasteiger partial charge in [0.1, 0.15) is 0 Å². The summed E-state index contributed by atoms with van der Waals surface area (Å²) in [6.07, 6.45) is 1.44. The maximum Gasteiger partial charge on any atom is 0.364 e. The fourth-order valence-corrected chi connectivity index (χ4v) is 0.866. The van der Waals surface area contributed by atoms with E-state index in [0.29, 0.717) is 13.0 Å². The number of nitrogens with two attached hydrogens (primary N) is 2. The Labute approximate surface area is 101 Å². The molecule has 0 aromatic heterocycles. The molecule has 92 valence electrons. The first-order chi connectivity index (χ1) is 6.07. The SMILES string of the molecule is COC(=O)[C@@H]([NH3+])CCC[NH+]=C(N)N.[Cl-].[Cl-]. The van der Waals surface area contributed by atoms with Gasteiger partial charge in [0.25, 0.3) is 0 Å². The Kier molecular flexibility index (Phi) is 15.0. The van der Waals surface area contributed by atoms with Crippen LogP contribution in [0.2, 0.25) is 0 Å². The Morgan fingerprint density at radius 3 is 2.40 bits per heavy atom. The van der Waals surface area contributed by atoms with Gasteiger partial charge in [-0.3, -0.25) is 16.5 Å². The molecule has 0 amide bonds. The number of ether oxygens (including phenoxy) is 1. The van der Waals surface area contributed by atoms with E-state index in [4.69, 9.17) is 11.5 Å². The summed E-state index contributed by atoms with van der Waals surface area (Å²) in [5, 5.41) is 0. The number of carbonyl (C=O) groups is 1. The molecule has 0 aromatic carbocycles. The first-order valence-electron chi connectivity index (χ1n) is 4.10. The van der Waals surface area contributed by atoms with Crippen molar-refractivity contribution in [2.24, 2.45) is 11.5 Å². The fourth-order valence-electron chi connectivity index (χ4n) is 0.866. The van der Waals surface area contributed by atoms with E-state index in [2.05, 4.69) is 15.5 Å². The van der Waals surface area contributed by atoms with Gasteiger partial charge < -0.3 is 35.3 Å². The van der Waals surface area contributed by atoms with Crippen molar-refractivity contribution in [2.75, 3.05) is 13.7 Å². The fraction of sp³-hybridized carbons (Fsp3) is 0.714. The molecule has 0 fully saturated rings. The van der Waals surface area contributed by atoms with Gasteiger partial charge in [-0.05, 0) is 6.42 Å². The van der Waals surface area contributed by atoms with Crippen molar-refractivity contribution in [3.63, 3.8) is 0 Å². The van der Waals surface area contributed by atoms with Gasteiger partial charge in [-0.2, -0.15) is 0 Å². The number of methoxy groups -OCH3 is 1. The number of carbonyl (C=O) groups excluding carboxylic acids is 1. The molecule has 0 aliphatic carbocycles. The van der Waals surface area contributed by atoms with Crippen LogP contribution in [0, 0.1) is 0 Å². The summed E-state index contributed by atoms with van der Waals surface area (Å²) in [7, 11) is 1.35. The summed E-state index contributed by atoms with van der Waals surface area (Å²) in [5.41, 5.74) is 14.0. The second kappa shape index (κ2) is 11.4. The molecular weight excluding hydrogens is 243 g/mol. The average molecular weight is 261 g/mol. The highest BCUT2D eigenvalue weighted by atomic mass is 35.5. The van der Waals surface area contributed by atoms with Crippen LogP contribution in [-0.4, -0.2) is 31.6 Å². The van der Waals surface area contributed by atoms with Crippen molar-refractivity contribution >= 4 is 11.9 Å². The predicted octanol–water partition coefficient (Wildman–Crippen LogP) is -10.1. The van der Waals surface area contributed by atoms with Gasteiger partial charge in [0.15, 0.2) is 6.04 Å². The quantitative estimate of drug-likeness (QED) is 0.170. The number of esters is 1. The monoisotopic (exact) mass is 260 g/mol. The zero-order chi connectivity index (χ0) is 10.3. The van der Waals surface area contributed by atoms with E-state index in [-0.39, 0.29) is 42.8 Å². The minimum absolute atomic E-state index is 0. The number of hydrogen-bond acceptors (Lipinski definition) is 2. The van der Waals surface area contributed by atoms with E-state index in [1.54, 1.807) is 0 Å². The molecule has 15 heavy (non-hydrogen) atoms. The van der Waals surface area contributed by atoms with Gasteiger partial charge in [-0.1, -0.05) is 0 Å². The minimum atomic E-state index is -0.314. The van der Waals surface area contributed by atoms with E-state index in [1.165, 1.54) is 7.11 Å². The van der Waals surface area contributed by atoms with Crippen molar-refractivity contribution in [3.05, 3.63) is 0 Å². The Balaban J connectivity index is -0.000000720. The molecule has 0 aromatic rings. The Bertz CT molecular complexity index is 197. The third kappa shape index (κ3) is 11.2. The molecule has 1 atom stereocenters. The summed E-state index contributed by atoms with van der Waals surface area (Å²) in [4.78, 5) is 13.6. The molecule has 0 radical (unpaired) electrons. The van der Waals surface area contributed by atoms with Crippen molar-refractivity contribution < 1.29 is 45.1 Å². The lowest BCUT2D eigenvalue weighted by Crippen LogP contribution is -3.00. The van der Waals surface area contributed by atoms with Crippen molar-refractivity contribution in [2.45, 2.75) is 18.9 Å². The summed E-state index contributed by atoms with van der Waals surface area (Å²) in [6, 6.07) is -0.314. The molecule has 0 aliphatic heterocycles. The normalized spacial score (nSPS) is 10.3. The second-order valence-corrected chi connectivity index (χ2v) is 2.74. The van der Waals surface area contributed by atoms with Gasteiger partial charge in [-0.25, -0.2) is 4.79 Å². The second-order valence-electron chi connectivity index (χ2n) is 2.74. The predicted molar refractivity (Wildman–Crippen MR) is 47.1 cm³/mol. The van der Waals surface area contributed by atoms with Crippen LogP contribution in [0.4, 0.5) is 0 Å². The van der Waals surface area contributed by atoms with Crippen LogP contribution in [0.3, 0.4) is 0 Å². The summed E-state index contributed by atoms with van der Waals surface area (Å²) < 4.78 is 4.51. The first kappa shape index (κ1) is 19.8. The van der Waals surface area contributed by atoms with E-state index >= 15 is 0 Å². The Hall–Kier alpha value is -0.720. The maximum absolute atomic E-state index is 10.9. The van der Waals surface area contributed by atoms with Crippen LogP contribution in [0.5, 0.6) is 0 Å². The molecule has 0 spiro atoms. The number of nitrogens with one attached hydrogen (secondary N) is 1. The van der Waals surface area contributed by atoms with Crippen LogP contribution in [0.25, 0.3) is 0 Å². The zero-order valence-electron chi connectivity index (χ0n) is 8.63. The molecule has 0 unspecified atom stereocenters. The number of rotatable bonds is 5. The van der Waals surface area contributed by atoms with Gasteiger partial charge >= 0.3 is 11.9 Å². The highest BCUT2D eigenvalue weighted by Gasteiger charge is 2.16. The van der Waals surface area contributed by atoms with Crippen LogP contribution in [0.15, 0.2) is 0 Å². The molecule has 0 bridgehead atoms. The minimum Gasteiger partial charge on any atom is -1.00 e. The Morgan fingerprint density at radius 1 is 1.47 bits per heavy atom. The molecule has 0 saturated carbocycles. The van der Waals surface area contributed by atoms with Crippen molar-refractivity contribution in [1.29, 1.82) is 0 Å². The van der Waals surface area contributed by atoms with E-state index < -0.39 is 0 Å². The summed E-state index contributed by atoms with van der Waals surface area (Å²) in [5.74, 6) is -0.0941. The lowest BCUT2D eigenvalue weighted by atomic mass is 10.2. The van der Waals surface area contributed by atoms with Crippen LogP contribution < -0.4 is 47.0 Å². The van der Waals surface area contributed by atoms with Crippen LogP contribution in [0.1, 0.15) is 12.8 Å². The van der Waals surface area contributed by atoms with E-state index in [9.17, 15) is 4.79 Å². The zero-order valence-corrected chi connectivity index (χ0v) is 10.1. The van der Waals surface area contributed by atoms with Crippen LogP contribution >= 0.6 is 0 Å². The molecule has 6 nitrogen and oxygen atoms in total. The lowest BCUT2D eigenvalue weighted by molar-refractivity contribution is -0.463. The maximum atomic E-state index is 10.9.